The number of amides is 1. The monoisotopic (exact) mass is 388 g/mol. The Bertz CT molecular complexity index is 925. The molecule has 8 nitrogen and oxygen atoms in total. The van der Waals surface area contributed by atoms with Crippen molar-refractivity contribution in [3.05, 3.63) is 68.7 Å². The number of carbonyl (C=O) groups is 1. The predicted molar refractivity (Wildman–Crippen MR) is 88.5 cm³/mol. The average Bonchev–Trinajstić information content (AvgIpc) is 3.03. The lowest BCUT2D eigenvalue weighted by molar-refractivity contribution is -0.385. The molecular formula is C15H9BrN4O4. The first-order chi connectivity index (χ1) is 11.5. The van der Waals surface area contributed by atoms with E-state index in [4.69, 9.17) is 4.42 Å². The summed E-state index contributed by atoms with van der Waals surface area (Å²) in [4.78, 5) is 22.5. The third-order valence-electron chi connectivity index (χ3n) is 3.06. The molecule has 3 aromatic rings. The third-order valence-corrected chi connectivity index (χ3v) is 3.56. The number of aromatic nitrogens is 2. The van der Waals surface area contributed by atoms with Gasteiger partial charge in [0.05, 0.1) is 4.92 Å². The molecule has 0 atom stereocenters. The molecule has 0 bridgehead atoms. The number of para-hydroxylation sites is 1. The van der Waals surface area contributed by atoms with Gasteiger partial charge in [-0.05, 0) is 24.3 Å². The number of hydrogen-bond donors (Lipinski definition) is 1. The highest BCUT2D eigenvalue weighted by Gasteiger charge is 2.21. The number of nitrogens with zero attached hydrogens (tertiary/aromatic N) is 3. The number of nitro groups is 1. The quantitative estimate of drug-likeness (QED) is 0.539. The summed E-state index contributed by atoms with van der Waals surface area (Å²) in [6.45, 7) is 0. The van der Waals surface area contributed by atoms with Gasteiger partial charge in [-0.3, -0.25) is 20.2 Å². The van der Waals surface area contributed by atoms with Crippen LogP contribution < -0.4 is 5.32 Å². The Morgan fingerprint density at radius 2 is 1.96 bits per heavy atom. The molecule has 0 saturated heterocycles. The molecular weight excluding hydrogens is 380 g/mol. The zero-order chi connectivity index (χ0) is 17.1. The van der Waals surface area contributed by atoms with Crippen molar-refractivity contribution in [3.63, 3.8) is 0 Å². The van der Waals surface area contributed by atoms with Crippen LogP contribution in [-0.2, 0) is 0 Å². The summed E-state index contributed by atoms with van der Waals surface area (Å²) in [6.07, 6.45) is 0. The van der Waals surface area contributed by atoms with Gasteiger partial charge < -0.3 is 4.42 Å². The van der Waals surface area contributed by atoms with Crippen molar-refractivity contribution in [1.29, 1.82) is 0 Å². The van der Waals surface area contributed by atoms with Crippen LogP contribution in [0.5, 0.6) is 0 Å². The lowest BCUT2D eigenvalue weighted by Crippen LogP contribution is -2.14. The predicted octanol–water partition coefficient (Wildman–Crippen LogP) is 3.66. The molecule has 0 radical (unpaired) electrons. The molecule has 1 aromatic heterocycles. The first-order valence-corrected chi connectivity index (χ1v) is 7.48. The van der Waals surface area contributed by atoms with E-state index < -0.39 is 10.8 Å². The van der Waals surface area contributed by atoms with Crippen molar-refractivity contribution >= 4 is 33.5 Å². The molecule has 120 valence electrons. The molecule has 0 aliphatic carbocycles. The molecule has 3 rings (SSSR count). The maximum absolute atomic E-state index is 12.2. The molecule has 0 unspecified atom stereocenters. The van der Waals surface area contributed by atoms with Crippen LogP contribution in [0.4, 0.5) is 11.7 Å². The molecule has 1 heterocycles. The summed E-state index contributed by atoms with van der Waals surface area (Å²) in [5, 5.41) is 20.9. The van der Waals surface area contributed by atoms with Gasteiger partial charge in [0.1, 0.15) is 5.56 Å². The summed E-state index contributed by atoms with van der Waals surface area (Å²) < 4.78 is 6.21. The van der Waals surface area contributed by atoms with E-state index in [1.54, 1.807) is 18.2 Å². The molecule has 0 aliphatic heterocycles. The van der Waals surface area contributed by atoms with Crippen molar-refractivity contribution in [2.75, 3.05) is 5.32 Å². The van der Waals surface area contributed by atoms with E-state index >= 15 is 0 Å². The zero-order valence-corrected chi connectivity index (χ0v) is 13.6. The Labute approximate surface area is 143 Å². The average molecular weight is 389 g/mol. The van der Waals surface area contributed by atoms with E-state index in [9.17, 15) is 14.9 Å². The van der Waals surface area contributed by atoms with Gasteiger partial charge in [0.15, 0.2) is 0 Å². The fourth-order valence-corrected chi connectivity index (χ4v) is 2.40. The van der Waals surface area contributed by atoms with Gasteiger partial charge in [-0.25, -0.2) is 0 Å². The minimum absolute atomic E-state index is 0.0929. The van der Waals surface area contributed by atoms with Gasteiger partial charge in [-0.15, -0.1) is 5.10 Å². The minimum atomic E-state index is -0.702. The molecule has 1 amide bonds. The lowest BCUT2D eigenvalue weighted by atomic mass is 10.1. The maximum atomic E-state index is 12.2. The second-order valence-electron chi connectivity index (χ2n) is 4.65. The smallest absolute Gasteiger partial charge is 0.322 e. The Hall–Kier alpha value is -3.07. The number of nitrogens with one attached hydrogen (secondary N) is 1. The van der Waals surface area contributed by atoms with E-state index in [1.165, 1.54) is 24.3 Å². The largest absolute Gasteiger partial charge is 0.403 e. The fourth-order valence-electron chi connectivity index (χ4n) is 2.00. The van der Waals surface area contributed by atoms with Crippen LogP contribution in [0.2, 0.25) is 0 Å². The van der Waals surface area contributed by atoms with Crippen LogP contribution in [0, 0.1) is 10.1 Å². The van der Waals surface area contributed by atoms with E-state index in [0.717, 1.165) is 4.47 Å². The number of hydrogen-bond acceptors (Lipinski definition) is 6. The number of halogens is 1. The van der Waals surface area contributed by atoms with Crippen LogP contribution in [0.3, 0.4) is 0 Å². The number of anilines is 1. The summed E-state index contributed by atoms with van der Waals surface area (Å²) in [5.74, 6) is -0.485. The third kappa shape index (κ3) is 3.30. The summed E-state index contributed by atoms with van der Waals surface area (Å²) >= 11 is 3.34. The molecule has 1 N–H and O–H groups in total. The van der Waals surface area contributed by atoms with E-state index in [1.807, 2.05) is 6.07 Å². The highest BCUT2D eigenvalue weighted by Crippen LogP contribution is 2.24. The number of rotatable bonds is 4. The Morgan fingerprint density at radius 1 is 1.17 bits per heavy atom. The Morgan fingerprint density at radius 3 is 2.71 bits per heavy atom. The van der Waals surface area contributed by atoms with Crippen molar-refractivity contribution in [2.45, 2.75) is 0 Å². The van der Waals surface area contributed by atoms with E-state index in [-0.39, 0.29) is 23.2 Å². The standard InChI is InChI=1S/C15H9BrN4O4/c16-10-5-3-4-9(8-10)14-18-19-15(24-14)17-13(21)11-6-1-2-7-12(11)20(22)23/h1-8H,(H,17,19,21). The summed E-state index contributed by atoms with van der Waals surface area (Å²) in [5.41, 5.74) is 0.273. The minimum Gasteiger partial charge on any atom is -0.403 e. The Balaban J connectivity index is 1.83. The zero-order valence-electron chi connectivity index (χ0n) is 12.0. The topological polar surface area (TPSA) is 111 Å². The summed E-state index contributed by atoms with van der Waals surface area (Å²) in [7, 11) is 0. The SMILES string of the molecule is O=C(Nc1nnc(-c2cccc(Br)c2)o1)c1ccccc1[N+](=O)[O-]. The van der Waals surface area contributed by atoms with Crippen molar-refractivity contribution < 1.29 is 14.1 Å². The molecule has 2 aromatic carbocycles. The number of nitro benzene ring substituents is 1. The normalized spacial score (nSPS) is 10.4. The van der Waals surface area contributed by atoms with Gasteiger partial charge in [-0.1, -0.05) is 39.2 Å². The second-order valence-corrected chi connectivity index (χ2v) is 5.57. The highest BCUT2D eigenvalue weighted by molar-refractivity contribution is 9.10. The van der Waals surface area contributed by atoms with Crippen LogP contribution in [0.15, 0.2) is 57.4 Å². The first kappa shape index (κ1) is 15.8. The number of benzene rings is 2. The van der Waals surface area contributed by atoms with Gasteiger partial charge in [0.2, 0.25) is 5.89 Å². The van der Waals surface area contributed by atoms with Gasteiger partial charge >= 0.3 is 6.01 Å². The number of carbonyl (C=O) groups excluding carboxylic acids is 1. The van der Waals surface area contributed by atoms with Gasteiger partial charge in [0.25, 0.3) is 11.6 Å². The molecule has 0 fully saturated rings. The maximum Gasteiger partial charge on any atom is 0.322 e. The van der Waals surface area contributed by atoms with Gasteiger partial charge in [-0.2, -0.15) is 0 Å². The highest BCUT2D eigenvalue weighted by atomic mass is 79.9. The lowest BCUT2D eigenvalue weighted by Gasteiger charge is -2.01. The van der Waals surface area contributed by atoms with Gasteiger partial charge in [0, 0.05) is 16.1 Å². The van der Waals surface area contributed by atoms with E-state index in [0.29, 0.717) is 5.56 Å². The Kier molecular flexibility index (Phi) is 4.34. The summed E-state index contributed by atoms with van der Waals surface area (Å²) in [6, 6.07) is 12.7. The first-order valence-electron chi connectivity index (χ1n) is 6.69. The molecule has 9 heteroatoms. The van der Waals surface area contributed by atoms with Crippen molar-refractivity contribution in [2.24, 2.45) is 0 Å². The van der Waals surface area contributed by atoms with Crippen LogP contribution in [0.1, 0.15) is 10.4 Å². The fraction of sp³-hybridized carbons (Fsp3) is 0. The second kappa shape index (κ2) is 6.59. The molecule has 0 aliphatic rings. The van der Waals surface area contributed by atoms with Crippen LogP contribution in [-0.4, -0.2) is 21.0 Å². The van der Waals surface area contributed by atoms with E-state index in [2.05, 4.69) is 31.4 Å². The van der Waals surface area contributed by atoms with Crippen molar-refractivity contribution in [1.82, 2.24) is 10.2 Å². The molecule has 24 heavy (non-hydrogen) atoms. The molecule has 0 saturated carbocycles. The van der Waals surface area contributed by atoms with Crippen LogP contribution >= 0.6 is 15.9 Å². The molecule has 0 spiro atoms. The van der Waals surface area contributed by atoms with Crippen molar-refractivity contribution in [3.8, 4) is 11.5 Å². The van der Waals surface area contributed by atoms with Crippen LogP contribution in [0.25, 0.3) is 11.5 Å².